The Bertz CT molecular complexity index is 170. The average molecular weight is 164 g/mol. The molecule has 2 nitrogen and oxygen atoms in total. The Hall–Kier alpha value is -0.0500. The van der Waals surface area contributed by atoms with Crippen LogP contribution in [0.1, 0.15) is 27.2 Å². The molecule has 0 aromatic rings. The molecule has 0 aliphatic carbocycles. The molecule has 0 saturated heterocycles. The van der Waals surface area contributed by atoms with Gasteiger partial charge in [-0.05, 0) is 5.92 Å². The highest BCUT2D eigenvalue weighted by atomic mass is 32.2. The van der Waals surface area contributed by atoms with Gasteiger partial charge in [0.05, 0.1) is 5.75 Å². The normalized spacial score (nSPS) is 15.1. The van der Waals surface area contributed by atoms with Crippen molar-refractivity contribution < 1.29 is 8.42 Å². The van der Waals surface area contributed by atoms with Crippen molar-refractivity contribution in [2.45, 2.75) is 27.2 Å². The SMILES string of the molecule is CCC(C)CS(=O)(=O)CC. The van der Waals surface area contributed by atoms with E-state index in [4.69, 9.17) is 0 Å². The molecule has 1 unspecified atom stereocenters. The smallest absolute Gasteiger partial charge is 0.150 e. The minimum Gasteiger partial charge on any atom is -0.229 e. The minimum absolute atomic E-state index is 0.275. The summed E-state index contributed by atoms with van der Waals surface area (Å²) in [4.78, 5) is 0. The molecule has 0 radical (unpaired) electrons. The monoisotopic (exact) mass is 164 g/mol. The van der Waals surface area contributed by atoms with Gasteiger partial charge >= 0.3 is 0 Å². The van der Waals surface area contributed by atoms with Crippen LogP contribution in [0.15, 0.2) is 0 Å². The lowest BCUT2D eigenvalue weighted by molar-refractivity contribution is 0.565. The second-order valence-corrected chi connectivity index (χ2v) is 5.11. The van der Waals surface area contributed by atoms with Crippen LogP contribution in [0.5, 0.6) is 0 Å². The van der Waals surface area contributed by atoms with Crippen molar-refractivity contribution in [1.82, 2.24) is 0 Å². The van der Waals surface area contributed by atoms with Gasteiger partial charge in [-0.25, -0.2) is 8.42 Å². The fourth-order valence-electron chi connectivity index (χ4n) is 0.669. The number of hydrogen-bond donors (Lipinski definition) is 0. The third kappa shape index (κ3) is 3.88. The summed E-state index contributed by atoms with van der Waals surface area (Å²) in [7, 11) is -2.73. The summed E-state index contributed by atoms with van der Waals surface area (Å²) in [5, 5.41) is 0. The van der Waals surface area contributed by atoms with Crippen molar-refractivity contribution >= 4 is 9.84 Å². The topological polar surface area (TPSA) is 34.1 Å². The van der Waals surface area contributed by atoms with Crippen LogP contribution in [0.4, 0.5) is 0 Å². The summed E-state index contributed by atoms with van der Waals surface area (Å²) in [5.74, 6) is 0.932. The first kappa shape index (κ1) is 9.95. The van der Waals surface area contributed by atoms with E-state index in [1.54, 1.807) is 6.92 Å². The van der Waals surface area contributed by atoms with Crippen molar-refractivity contribution in [2.24, 2.45) is 5.92 Å². The Morgan fingerprint density at radius 1 is 1.30 bits per heavy atom. The molecule has 0 aliphatic heterocycles. The molecule has 3 heteroatoms. The summed E-state index contributed by atoms with van der Waals surface area (Å²) < 4.78 is 21.9. The standard InChI is InChI=1S/C7H16O2S/c1-4-7(3)6-10(8,9)5-2/h7H,4-6H2,1-3H3. The third-order valence-corrected chi connectivity index (χ3v) is 3.63. The van der Waals surface area contributed by atoms with Crippen LogP contribution in [0.3, 0.4) is 0 Å². The molecule has 0 fully saturated rings. The fourth-order valence-corrected chi connectivity index (χ4v) is 2.01. The van der Waals surface area contributed by atoms with Gasteiger partial charge in [0.2, 0.25) is 0 Å². The lowest BCUT2D eigenvalue weighted by atomic mass is 10.2. The lowest BCUT2D eigenvalue weighted by Crippen LogP contribution is -2.14. The molecular formula is C7H16O2S. The highest BCUT2D eigenvalue weighted by Gasteiger charge is 2.11. The minimum atomic E-state index is -2.73. The van der Waals surface area contributed by atoms with Gasteiger partial charge in [0.15, 0.2) is 0 Å². The van der Waals surface area contributed by atoms with Crippen LogP contribution in [0.2, 0.25) is 0 Å². The predicted molar refractivity (Wildman–Crippen MR) is 43.8 cm³/mol. The number of hydrogen-bond acceptors (Lipinski definition) is 2. The molecular weight excluding hydrogens is 148 g/mol. The van der Waals surface area contributed by atoms with Crippen molar-refractivity contribution in [3.8, 4) is 0 Å². The molecule has 0 aliphatic rings. The van der Waals surface area contributed by atoms with Crippen LogP contribution in [0.25, 0.3) is 0 Å². The van der Waals surface area contributed by atoms with Crippen LogP contribution in [-0.4, -0.2) is 19.9 Å². The zero-order chi connectivity index (χ0) is 8.20. The van der Waals surface area contributed by atoms with E-state index < -0.39 is 9.84 Å². The summed E-state index contributed by atoms with van der Waals surface area (Å²) in [5.41, 5.74) is 0. The lowest BCUT2D eigenvalue weighted by Gasteiger charge is -2.06. The van der Waals surface area contributed by atoms with Gasteiger partial charge in [-0.1, -0.05) is 27.2 Å². The van der Waals surface area contributed by atoms with E-state index in [0.717, 1.165) is 6.42 Å². The van der Waals surface area contributed by atoms with Crippen LogP contribution in [-0.2, 0) is 9.84 Å². The van der Waals surface area contributed by atoms with E-state index in [-0.39, 0.29) is 5.75 Å². The Kier molecular flexibility index (Phi) is 3.94. The van der Waals surface area contributed by atoms with Gasteiger partial charge in [-0.2, -0.15) is 0 Å². The molecule has 62 valence electrons. The predicted octanol–water partition coefficient (Wildman–Crippen LogP) is 1.47. The van der Waals surface area contributed by atoms with Gasteiger partial charge in [0.1, 0.15) is 9.84 Å². The van der Waals surface area contributed by atoms with E-state index in [1.807, 2.05) is 13.8 Å². The molecule has 0 aromatic carbocycles. The molecule has 10 heavy (non-hydrogen) atoms. The molecule has 0 heterocycles. The van der Waals surface area contributed by atoms with E-state index in [9.17, 15) is 8.42 Å². The van der Waals surface area contributed by atoms with E-state index in [2.05, 4.69) is 0 Å². The maximum absolute atomic E-state index is 11.0. The molecule has 0 spiro atoms. The Balaban J connectivity index is 3.90. The zero-order valence-electron chi connectivity index (χ0n) is 6.92. The van der Waals surface area contributed by atoms with E-state index >= 15 is 0 Å². The Labute approximate surface area is 63.6 Å². The first-order valence-electron chi connectivity index (χ1n) is 3.72. The first-order valence-corrected chi connectivity index (χ1v) is 5.54. The van der Waals surface area contributed by atoms with Gasteiger partial charge in [0.25, 0.3) is 0 Å². The quantitative estimate of drug-likeness (QED) is 0.630. The second kappa shape index (κ2) is 3.96. The molecule has 1 atom stereocenters. The summed E-state index contributed by atoms with van der Waals surface area (Å²) in [6, 6.07) is 0. The highest BCUT2D eigenvalue weighted by molar-refractivity contribution is 7.91. The first-order chi connectivity index (χ1) is 4.52. The highest BCUT2D eigenvalue weighted by Crippen LogP contribution is 2.04. The largest absolute Gasteiger partial charge is 0.229 e. The van der Waals surface area contributed by atoms with Gasteiger partial charge < -0.3 is 0 Å². The number of rotatable bonds is 4. The van der Waals surface area contributed by atoms with Crippen LogP contribution in [0, 0.1) is 5.92 Å². The third-order valence-electron chi connectivity index (χ3n) is 1.68. The second-order valence-electron chi connectivity index (χ2n) is 2.71. The molecule has 0 N–H and O–H groups in total. The van der Waals surface area contributed by atoms with E-state index in [0.29, 0.717) is 11.7 Å². The van der Waals surface area contributed by atoms with Gasteiger partial charge in [0, 0.05) is 5.75 Å². The number of sulfone groups is 1. The van der Waals surface area contributed by atoms with Gasteiger partial charge in [-0.15, -0.1) is 0 Å². The molecule has 0 amide bonds. The van der Waals surface area contributed by atoms with Crippen molar-refractivity contribution in [3.63, 3.8) is 0 Å². The Morgan fingerprint density at radius 2 is 1.80 bits per heavy atom. The fraction of sp³-hybridized carbons (Fsp3) is 1.00. The molecule has 0 aromatic heterocycles. The summed E-state index contributed by atoms with van der Waals surface area (Å²) in [6.45, 7) is 5.67. The maximum Gasteiger partial charge on any atom is 0.150 e. The summed E-state index contributed by atoms with van der Waals surface area (Å²) in [6.07, 6.45) is 0.944. The average Bonchev–Trinajstić information content (AvgIpc) is 1.87. The van der Waals surface area contributed by atoms with Crippen LogP contribution < -0.4 is 0 Å². The van der Waals surface area contributed by atoms with Crippen molar-refractivity contribution in [2.75, 3.05) is 11.5 Å². The van der Waals surface area contributed by atoms with Crippen molar-refractivity contribution in [3.05, 3.63) is 0 Å². The van der Waals surface area contributed by atoms with Crippen LogP contribution >= 0.6 is 0 Å². The molecule has 0 rings (SSSR count). The Morgan fingerprint density at radius 3 is 2.10 bits per heavy atom. The maximum atomic E-state index is 11.0. The molecule has 0 saturated carbocycles. The molecule has 0 bridgehead atoms. The van der Waals surface area contributed by atoms with E-state index in [1.165, 1.54) is 0 Å². The zero-order valence-corrected chi connectivity index (χ0v) is 7.74. The van der Waals surface area contributed by atoms with Crippen molar-refractivity contribution in [1.29, 1.82) is 0 Å². The van der Waals surface area contributed by atoms with Gasteiger partial charge in [-0.3, -0.25) is 0 Å². The summed E-state index contributed by atoms with van der Waals surface area (Å²) >= 11 is 0.